The van der Waals surface area contributed by atoms with Crippen molar-refractivity contribution in [2.45, 2.75) is 26.2 Å². The lowest BCUT2D eigenvalue weighted by molar-refractivity contribution is 0.127. The molecule has 1 saturated heterocycles. The molecule has 1 aliphatic carbocycles. The Morgan fingerprint density at radius 2 is 1.73 bits per heavy atom. The van der Waals surface area contributed by atoms with Crippen LogP contribution in [0.15, 0.2) is 0 Å². The highest BCUT2D eigenvalue weighted by Gasteiger charge is 2.30. The Hall–Kier alpha value is -0.0900. The second kappa shape index (κ2) is 4.42. The minimum atomic E-state index is -2.70. The van der Waals surface area contributed by atoms with Crippen molar-refractivity contribution >= 4 is 9.84 Å². The molecule has 0 radical (unpaired) electrons. The SMILES string of the molecule is CC[C@H]1C[C@@H](CN2CCS(=O)(=O)CC2)C1. The highest BCUT2D eigenvalue weighted by atomic mass is 32.2. The normalized spacial score (nSPS) is 36.1. The first kappa shape index (κ1) is 11.4. The third kappa shape index (κ3) is 2.94. The lowest BCUT2D eigenvalue weighted by Gasteiger charge is -2.39. The summed E-state index contributed by atoms with van der Waals surface area (Å²) in [5, 5.41) is 0. The van der Waals surface area contributed by atoms with Gasteiger partial charge in [0, 0.05) is 19.6 Å². The molecule has 0 unspecified atom stereocenters. The summed E-state index contributed by atoms with van der Waals surface area (Å²) in [6.07, 6.45) is 4.03. The Morgan fingerprint density at radius 1 is 1.13 bits per heavy atom. The third-order valence-corrected chi connectivity index (χ3v) is 5.47. The van der Waals surface area contributed by atoms with Gasteiger partial charge in [-0.05, 0) is 24.7 Å². The summed E-state index contributed by atoms with van der Waals surface area (Å²) < 4.78 is 22.5. The van der Waals surface area contributed by atoms with E-state index in [0.29, 0.717) is 11.5 Å². The van der Waals surface area contributed by atoms with E-state index in [0.717, 1.165) is 31.5 Å². The van der Waals surface area contributed by atoms with Gasteiger partial charge < -0.3 is 4.90 Å². The predicted octanol–water partition coefficient (Wildman–Crippen LogP) is 1.15. The van der Waals surface area contributed by atoms with Gasteiger partial charge in [-0.2, -0.15) is 0 Å². The Morgan fingerprint density at radius 3 is 2.27 bits per heavy atom. The molecule has 88 valence electrons. The van der Waals surface area contributed by atoms with Gasteiger partial charge >= 0.3 is 0 Å². The topological polar surface area (TPSA) is 37.4 Å². The maximum absolute atomic E-state index is 11.2. The van der Waals surface area contributed by atoms with E-state index < -0.39 is 9.84 Å². The molecular formula is C11H21NO2S. The zero-order chi connectivity index (χ0) is 10.9. The van der Waals surface area contributed by atoms with Crippen molar-refractivity contribution in [2.24, 2.45) is 11.8 Å². The molecule has 0 atom stereocenters. The van der Waals surface area contributed by atoms with Crippen molar-refractivity contribution in [3.05, 3.63) is 0 Å². The van der Waals surface area contributed by atoms with Gasteiger partial charge in [-0.15, -0.1) is 0 Å². The van der Waals surface area contributed by atoms with Gasteiger partial charge in [0.2, 0.25) is 0 Å². The number of sulfone groups is 1. The average molecular weight is 231 g/mol. The van der Waals surface area contributed by atoms with E-state index in [9.17, 15) is 8.42 Å². The highest BCUT2D eigenvalue weighted by molar-refractivity contribution is 7.91. The molecule has 2 aliphatic rings. The maximum Gasteiger partial charge on any atom is 0.152 e. The average Bonchev–Trinajstić information content (AvgIpc) is 2.13. The molecule has 0 aromatic rings. The van der Waals surface area contributed by atoms with E-state index >= 15 is 0 Å². The van der Waals surface area contributed by atoms with E-state index in [1.165, 1.54) is 19.3 Å². The van der Waals surface area contributed by atoms with Crippen LogP contribution >= 0.6 is 0 Å². The van der Waals surface area contributed by atoms with Crippen LogP contribution in [0.4, 0.5) is 0 Å². The third-order valence-electron chi connectivity index (χ3n) is 3.86. The van der Waals surface area contributed by atoms with Crippen LogP contribution < -0.4 is 0 Å². The van der Waals surface area contributed by atoms with Crippen LogP contribution in [0.3, 0.4) is 0 Å². The van der Waals surface area contributed by atoms with Crippen LogP contribution in [-0.2, 0) is 9.84 Å². The van der Waals surface area contributed by atoms with Gasteiger partial charge in [0.05, 0.1) is 11.5 Å². The largest absolute Gasteiger partial charge is 0.301 e. The lowest BCUT2D eigenvalue weighted by atomic mass is 9.73. The molecule has 1 heterocycles. The van der Waals surface area contributed by atoms with Gasteiger partial charge in [-0.1, -0.05) is 13.3 Å². The molecule has 0 N–H and O–H groups in total. The fraction of sp³-hybridized carbons (Fsp3) is 1.00. The molecular weight excluding hydrogens is 210 g/mol. The number of rotatable bonds is 3. The van der Waals surface area contributed by atoms with E-state index in [1.807, 2.05) is 0 Å². The zero-order valence-corrected chi connectivity index (χ0v) is 10.3. The Bertz CT molecular complexity index is 293. The van der Waals surface area contributed by atoms with Crippen molar-refractivity contribution in [1.82, 2.24) is 4.90 Å². The van der Waals surface area contributed by atoms with Gasteiger partial charge in [0.1, 0.15) is 0 Å². The van der Waals surface area contributed by atoms with Gasteiger partial charge in [0.15, 0.2) is 9.84 Å². The van der Waals surface area contributed by atoms with E-state index in [2.05, 4.69) is 11.8 Å². The molecule has 3 nitrogen and oxygen atoms in total. The monoisotopic (exact) mass is 231 g/mol. The Balaban J connectivity index is 1.70. The van der Waals surface area contributed by atoms with Crippen LogP contribution in [0.5, 0.6) is 0 Å². The lowest BCUT2D eigenvalue weighted by Crippen LogP contribution is -2.44. The standard InChI is InChI=1S/C11H21NO2S/c1-2-10-7-11(8-10)9-12-3-5-15(13,14)6-4-12/h10-11H,2-9H2,1H3/t10-,11+. The first-order valence-corrected chi connectivity index (χ1v) is 7.84. The van der Waals surface area contributed by atoms with Crippen LogP contribution in [0.25, 0.3) is 0 Å². The first-order chi connectivity index (χ1) is 7.09. The van der Waals surface area contributed by atoms with Crippen molar-refractivity contribution in [3.63, 3.8) is 0 Å². The molecule has 0 aromatic heterocycles. The fourth-order valence-electron chi connectivity index (χ4n) is 2.65. The van der Waals surface area contributed by atoms with Crippen LogP contribution in [0.2, 0.25) is 0 Å². The van der Waals surface area contributed by atoms with Crippen LogP contribution in [0.1, 0.15) is 26.2 Å². The highest BCUT2D eigenvalue weighted by Crippen LogP contribution is 2.36. The molecule has 15 heavy (non-hydrogen) atoms. The maximum atomic E-state index is 11.2. The van der Waals surface area contributed by atoms with Gasteiger partial charge in [0.25, 0.3) is 0 Å². The zero-order valence-electron chi connectivity index (χ0n) is 9.48. The van der Waals surface area contributed by atoms with Crippen LogP contribution in [-0.4, -0.2) is 44.5 Å². The van der Waals surface area contributed by atoms with E-state index in [4.69, 9.17) is 0 Å². The van der Waals surface area contributed by atoms with Gasteiger partial charge in [-0.3, -0.25) is 0 Å². The second-order valence-electron chi connectivity index (χ2n) is 5.06. The molecule has 2 rings (SSSR count). The second-order valence-corrected chi connectivity index (χ2v) is 7.37. The minimum Gasteiger partial charge on any atom is -0.301 e. The van der Waals surface area contributed by atoms with Crippen molar-refractivity contribution in [2.75, 3.05) is 31.1 Å². The summed E-state index contributed by atoms with van der Waals surface area (Å²) in [5.74, 6) is 2.53. The Kier molecular flexibility index (Phi) is 3.36. The first-order valence-electron chi connectivity index (χ1n) is 6.02. The summed E-state index contributed by atoms with van der Waals surface area (Å²) in [4.78, 5) is 2.33. The van der Waals surface area contributed by atoms with Crippen molar-refractivity contribution in [3.8, 4) is 0 Å². The quantitative estimate of drug-likeness (QED) is 0.731. The van der Waals surface area contributed by atoms with Gasteiger partial charge in [-0.25, -0.2) is 8.42 Å². The van der Waals surface area contributed by atoms with E-state index in [-0.39, 0.29) is 0 Å². The Labute approximate surface area is 92.8 Å². The molecule has 4 heteroatoms. The van der Waals surface area contributed by atoms with Crippen LogP contribution in [0, 0.1) is 11.8 Å². The fourth-order valence-corrected chi connectivity index (χ4v) is 3.93. The number of hydrogen-bond acceptors (Lipinski definition) is 3. The summed E-state index contributed by atoms with van der Waals surface area (Å²) in [7, 11) is -2.70. The molecule has 0 amide bonds. The predicted molar refractivity (Wildman–Crippen MR) is 61.6 cm³/mol. The van der Waals surface area contributed by atoms with Crippen molar-refractivity contribution < 1.29 is 8.42 Å². The smallest absolute Gasteiger partial charge is 0.152 e. The summed E-state index contributed by atoms with van der Waals surface area (Å²) in [5.41, 5.74) is 0. The molecule has 1 aliphatic heterocycles. The molecule has 0 bridgehead atoms. The minimum absolute atomic E-state index is 0.372. The molecule has 1 saturated carbocycles. The number of hydrogen-bond donors (Lipinski definition) is 0. The van der Waals surface area contributed by atoms with Crippen molar-refractivity contribution in [1.29, 1.82) is 0 Å². The molecule has 0 aromatic carbocycles. The summed E-state index contributed by atoms with van der Waals surface area (Å²) in [6.45, 7) is 4.91. The van der Waals surface area contributed by atoms with E-state index in [1.54, 1.807) is 0 Å². The molecule has 0 spiro atoms. The summed E-state index contributed by atoms with van der Waals surface area (Å²) in [6, 6.07) is 0. The summed E-state index contributed by atoms with van der Waals surface area (Å²) >= 11 is 0. The number of nitrogens with zero attached hydrogens (tertiary/aromatic N) is 1. The molecule has 2 fully saturated rings.